The zero-order valence-electron chi connectivity index (χ0n) is 17.0. The summed E-state index contributed by atoms with van der Waals surface area (Å²) in [5.41, 5.74) is 3.28. The number of rotatable bonds is 5. The molecule has 0 unspecified atom stereocenters. The molecule has 5 rings (SSSR count). The molecular weight excluding hydrogens is 410 g/mol. The third-order valence-electron chi connectivity index (χ3n) is 5.86. The molecule has 2 aliphatic rings. The van der Waals surface area contributed by atoms with Crippen molar-refractivity contribution in [3.05, 3.63) is 91.5 Å². The van der Waals surface area contributed by atoms with Crippen molar-refractivity contribution in [2.24, 2.45) is 0 Å². The van der Waals surface area contributed by atoms with Crippen molar-refractivity contribution >= 4 is 23.2 Å². The lowest BCUT2D eigenvalue weighted by Crippen LogP contribution is -2.41. The van der Waals surface area contributed by atoms with E-state index < -0.39 is 0 Å². The van der Waals surface area contributed by atoms with Crippen LogP contribution in [0.15, 0.2) is 58.1 Å². The monoisotopic (exact) mass is 433 g/mol. The third kappa shape index (κ3) is 4.05. The van der Waals surface area contributed by atoms with E-state index in [4.69, 9.17) is 0 Å². The second kappa shape index (κ2) is 8.15. The molecule has 0 spiro atoms. The van der Waals surface area contributed by atoms with Gasteiger partial charge in [-0.15, -0.1) is 0 Å². The lowest BCUT2D eigenvalue weighted by molar-refractivity contribution is 0.0734. The Balaban J connectivity index is 1.53. The van der Waals surface area contributed by atoms with Gasteiger partial charge in [0.1, 0.15) is 5.56 Å². The van der Waals surface area contributed by atoms with Crippen LogP contribution in [0.1, 0.15) is 50.2 Å². The second-order valence-corrected chi connectivity index (χ2v) is 8.94. The fraction of sp³-hybridized carbons (Fsp3) is 0.292. The Hall–Kier alpha value is -3.19. The molecule has 0 radical (unpaired) electrons. The molecule has 1 N–H and O–H groups in total. The number of nitrogens with one attached hydrogen (secondary N) is 1. The summed E-state index contributed by atoms with van der Waals surface area (Å²) in [6.45, 7) is 1.27. The summed E-state index contributed by atoms with van der Waals surface area (Å²) in [5.74, 6) is -0.305. The Morgan fingerprint density at radius 3 is 2.65 bits per heavy atom. The maximum Gasteiger partial charge on any atom is 0.264 e. The number of carbonyl (C=O) groups excluding carboxylic acids is 2. The zero-order chi connectivity index (χ0) is 21.4. The van der Waals surface area contributed by atoms with Gasteiger partial charge in [-0.05, 0) is 47.4 Å². The van der Waals surface area contributed by atoms with Gasteiger partial charge in [0.15, 0.2) is 0 Å². The fourth-order valence-corrected chi connectivity index (χ4v) is 4.70. The minimum absolute atomic E-state index is 0.0170. The third-order valence-corrected chi connectivity index (χ3v) is 6.54. The van der Waals surface area contributed by atoms with E-state index in [9.17, 15) is 14.4 Å². The quantitative estimate of drug-likeness (QED) is 0.672. The van der Waals surface area contributed by atoms with Crippen molar-refractivity contribution in [3.63, 3.8) is 0 Å². The van der Waals surface area contributed by atoms with Gasteiger partial charge in [-0.25, -0.2) is 0 Å². The fourth-order valence-electron chi connectivity index (χ4n) is 4.07. The number of amides is 2. The Bertz CT molecular complexity index is 1180. The summed E-state index contributed by atoms with van der Waals surface area (Å²) >= 11 is 1.50. The first-order valence-corrected chi connectivity index (χ1v) is 11.5. The van der Waals surface area contributed by atoms with Crippen LogP contribution >= 0.6 is 11.3 Å². The maximum absolute atomic E-state index is 13.3. The average molecular weight is 434 g/mol. The van der Waals surface area contributed by atoms with E-state index in [1.165, 1.54) is 11.3 Å². The van der Waals surface area contributed by atoms with E-state index >= 15 is 0 Å². The van der Waals surface area contributed by atoms with Gasteiger partial charge in [-0.3, -0.25) is 14.4 Å². The van der Waals surface area contributed by atoms with Gasteiger partial charge in [-0.2, -0.15) is 11.3 Å². The van der Waals surface area contributed by atoms with Crippen LogP contribution in [-0.2, 0) is 19.5 Å². The van der Waals surface area contributed by atoms with Crippen LogP contribution < -0.4 is 10.9 Å². The van der Waals surface area contributed by atoms with E-state index in [2.05, 4.69) is 5.32 Å². The SMILES string of the molecule is O=C(NC1CC1)c1c2c(cn(Cc3ccccc3)c1=O)CN(C(=O)c1ccsc1)CC2. The lowest BCUT2D eigenvalue weighted by Gasteiger charge is -2.30. The first-order valence-electron chi connectivity index (χ1n) is 10.5. The highest BCUT2D eigenvalue weighted by atomic mass is 32.1. The molecule has 6 nitrogen and oxygen atoms in total. The number of hydrogen-bond acceptors (Lipinski definition) is 4. The first kappa shape index (κ1) is 19.8. The molecule has 0 saturated heterocycles. The second-order valence-electron chi connectivity index (χ2n) is 8.16. The molecule has 0 bridgehead atoms. The minimum Gasteiger partial charge on any atom is -0.349 e. The van der Waals surface area contributed by atoms with Gasteiger partial charge in [0.2, 0.25) is 0 Å². The highest BCUT2D eigenvalue weighted by molar-refractivity contribution is 7.08. The van der Waals surface area contributed by atoms with Crippen LogP contribution in [-0.4, -0.2) is 33.9 Å². The largest absolute Gasteiger partial charge is 0.349 e. The Kier molecular flexibility index (Phi) is 5.19. The molecule has 2 amide bonds. The van der Waals surface area contributed by atoms with E-state index in [0.717, 1.165) is 29.5 Å². The first-order chi connectivity index (χ1) is 15.1. The van der Waals surface area contributed by atoms with Crippen molar-refractivity contribution in [1.29, 1.82) is 0 Å². The molecule has 31 heavy (non-hydrogen) atoms. The number of thiophene rings is 1. The molecule has 7 heteroatoms. The van der Waals surface area contributed by atoms with Crippen LogP contribution in [0.25, 0.3) is 0 Å². The molecule has 2 aromatic heterocycles. The van der Waals surface area contributed by atoms with Gasteiger partial charge in [0.25, 0.3) is 17.4 Å². The molecule has 1 aliphatic carbocycles. The summed E-state index contributed by atoms with van der Waals surface area (Å²) in [6.07, 6.45) is 4.25. The number of hydrogen-bond donors (Lipinski definition) is 1. The topological polar surface area (TPSA) is 71.4 Å². The van der Waals surface area contributed by atoms with E-state index in [1.807, 2.05) is 53.4 Å². The van der Waals surface area contributed by atoms with Crippen molar-refractivity contribution in [2.45, 2.75) is 38.4 Å². The summed E-state index contributed by atoms with van der Waals surface area (Å²) in [6, 6.07) is 11.7. The Morgan fingerprint density at radius 2 is 1.94 bits per heavy atom. The summed E-state index contributed by atoms with van der Waals surface area (Å²) < 4.78 is 1.61. The van der Waals surface area contributed by atoms with Crippen molar-refractivity contribution in [1.82, 2.24) is 14.8 Å². The van der Waals surface area contributed by atoms with E-state index in [1.54, 1.807) is 9.47 Å². The molecule has 1 saturated carbocycles. The summed E-state index contributed by atoms with van der Waals surface area (Å²) in [4.78, 5) is 41.0. The summed E-state index contributed by atoms with van der Waals surface area (Å²) in [5, 5.41) is 6.72. The number of nitrogens with zero attached hydrogens (tertiary/aromatic N) is 2. The van der Waals surface area contributed by atoms with Crippen molar-refractivity contribution in [3.8, 4) is 0 Å². The molecule has 1 fully saturated rings. The number of aromatic nitrogens is 1. The average Bonchev–Trinajstić information content (AvgIpc) is 3.42. The normalized spacial score (nSPS) is 15.4. The number of fused-ring (bicyclic) bond motifs is 1. The molecule has 3 aromatic rings. The standard InChI is InChI=1S/C24H23N3O3S/c28-22(25-19-6-7-19)21-20-8-10-26(23(29)17-9-11-31-15-17)13-18(20)14-27(24(21)30)12-16-4-2-1-3-5-16/h1-5,9,11,14-15,19H,6-8,10,12-13H2,(H,25,28). The summed E-state index contributed by atoms with van der Waals surface area (Å²) in [7, 11) is 0. The number of pyridine rings is 1. The van der Waals surface area contributed by atoms with E-state index in [0.29, 0.717) is 31.6 Å². The predicted octanol–water partition coefficient (Wildman–Crippen LogP) is 3.05. The van der Waals surface area contributed by atoms with Crippen LogP contribution in [0, 0.1) is 0 Å². The van der Waals surface area contributed by atoms with Crippen LogP contribution in [0.5, 0.6) is 0 Å². The number of benzene rings is 1. The predicted molar refractivity (Wildman–Crippen MR) is 119 cm³/mol. The van der Waals surface area contributed by atoms with Gasteiger partial charge >= 0.3 is 0 Å². The molecule has 0 atom stereocenters. The highest BCUT2D eigenvalue weighted by Gasteiger charge is 2.31. The maximum atomic E-state index is 13.3. The lowest BCUT2D eigenvalue weighted by atomic mass is 9.95. The van der Waals surface area contributed by atoms with E-state index in [-0.39, 0.29) is 29.0 Å². The van der Waals surface area contributed by atoms with Gasteiger partial charge < -0.3 is 14.8 Å². The molecule has 3 heterocycles. The van der Waals surface area contributed by atoms with Gasteiger partial charge in [0.05, 0.1) is 12.1 Å². The molecule has 158 valence electrons. The molecular formula is C24H23N3O3S. The molecule has 1 aromatic carbocycles. The highest BCUT2D eigenvalue weighted by Crippen LogP contribution is 2.25. The van der Waals surface area contributed by atoms with Crippen LogP contribution in [0.2, 0.25) is 0 Å². The Morgan fingerprint density at radius 1 is 1.13 bits per heavy atom. The molecule has 1 aliphatic heterocycles. The van der Waals surface area contributed by atoms with Crippen LogP contribution in [0.4, 0.5) is 0 Å². The minimum atomic E-state index is -0.288. The van der Waals surface area contributed by atoms with Crippen LogP contribution in [0.3, 0.4) is 0 Å². The smallest absolute Gasteiger partial charge is 0.264 e. The zero-order valence-corrected chi connectivity index (χ0v) is 17.9. The van der Waals surface area contributed by atoms with Gasteiger partial charge in [0, 0.05) is 30.7 Å². The van der Waals surface area contributed by atoms with Crippen molar-refractivity contribution < 1.29 is 9.59 Å². The van der Waals surface area contributed by atoms with Crippen molar-refractivity contribution in [2.75, 3.05) is 6.54 Å². The number of carbonyl (C=O) groups is 2. The Labute approximate surface area is 184 Å². The van der Waals surface area contributed by atoms with Gasteiger partial charge in [-0.1, -0.05) is 30.3 Å².